The minimum atomic E-state index is -4.43. The van der Waals surface area contributed by atoms with Gasteiger partial charge in [-0.1, -0.05) is 52.3 Å². The molecular weight excluding hydrogens is 497 g/mol. The summed E-state index contributed by atoms with van der Waals surface area (Å²) in [6, 6.07) is 12.2. The molecule has 1 aromatic heterocycles. The molecule has 4 rings (SSSR count). The van der Waals surface area contributed by atoms with Crippen LogP contribution in [0.2, 0.25) is 0 Å². The van der Waals surface area contributed by atoms with Crippen LogP contribution in [0.25, 0.3) is 20.5 Å². The molecule has 0 aliphatic heterocycles. The van der Waals surface area contributed by atoms with Crippen LogP contribution in [0.5, 0.6) is 5.75 Å². The van der Waals surface area contributed by atoms with E-state index >= 15 is 0 Å². The van der Waals surface area contributed by atoms with Crippen molar-refractivity contribution < 1.29 is 27.4 Å². The number of unbranched alkanes of at least 4 members (excludes halogenated alkanes) is 2. The van der Waals surface area contributed by atoms with E-state index in [-0.39, 0.29) is 17.8 Å². The molecule has 0 amide bonds. The summed E-state index contributed by atoms with van der Waals surface area (Å²) in [5.41, 5.74) is -0.0523. The van der Waals surface area contributed by atoms with E-state index < -0.39 is 23.1 Å². The summed E-state index contributed by atoms with van der Waals surface area (Å²) in [4.78, 5) is 12.3. The van der Waals surface area contributed by atoms with Gasteiger partial charge in [0.25, 0.3) is 0 Å². The second kappa shape index (κ2) is 10.9. The van der Waals surface area contributed by atoms with Gasteiger partial charge in [-0.3, -0.25) is 0 Å². The van der Waals surface area contributed by atoms with E-state index in [1.165, 1.54) is 17.4 Å². The van der Waals surface area contributed by atoms with E-state index in [2.05, 4.69) is 13.5 Å². The van der Waals surface area contributed by atoms with Crippen LogP contribution in [0.3, 0.4) is 0 Å². The van der Waals surface area contributed by atoms with Crippen molar-refractivity contribution in [3.05, 3.63) is 66.2 Å². The number of thiophene rings is 1. The van der Waals surface area contributed by atoms with Gasteiger partial charge in [0, 0.05) is 26.6 Å². The lowest BCUT2D eigenvalue weighted by molar-refractivity contribution is -0.148. The highest BCUT2D eigenvalue weighted by Gasteiger charge is 2.47. The van der Waals surface area contributed by atoms with E-state index in [4.69, 9.17) is 9.47 Å². The SMILES string of the molecule is C=CC(=O)OC1CCC(Oc2ccc3cc(-c4ccc(CCCCC)cc4C(F)(F)F)sc3c2)C1(C)C. The molecule has 0 spiro atoms. The molecule has 1 fully saturated rings. The van der Waals surface area contributed by atoms with Crippen molar-refractivity contribution >= 4 is 27.4 Å². The van der Waals surface area contributed by atoms with Crippen molar-refractivity contribution in [2.75, 3.05) is 0 Å². The minimum absolute atomic E-state index is 0.163. The molecule has 198 valence electrons. The summed E-state index contributed by atoms with van der Waals surface area (Å²) in [5.74, 6) is 0.204. The van der Waals surface area contributed by atoms with Gasteiger partial charge in [0.15, 0.2) is 0 Å². The van der Waals surface area contributed by atoms with E-state index in [0.29, 0.717) is 23.5 Å². The smallest absolute Gasteiger partial charge is 0.417 e. The van der Waals surface area contributed by atoms with Crippen LogP contribution in [0.15, 0.2) is 55.1 Å². The zero-order chi connectivity index (χ0) is 26.8. The lowest BCUT2D eigenvalue weighted by atomic mass is 9.87. The number of halogens is 3. The van der Waals surface area contributed by atoms with Crippen molar-refractivity contribution in [1.29, 1.82) is 0 Å². The number of hydrogen-bond acceptors (Lipinski definition) is 4. The van der Waals surface area contributed by atoms with Gasteiger partial charge in [0.1, 0.15) is 18.0 Å². The minimum Gasteiger partial charge on any atom is -0.490 e. The highest BCUT2D eigenvalue weighted by Crippen LogP contribution is 2.45. The number of carbonyl (C=O) groups is 1. The molecule has 1 aliphatic rings. The number of ether oxygens (including phenoxy) is 2. The van der Waals surface area contributed by atoms with Gasteiger partial charge in [0.2, 0.25) is 0 Å². The third-order valence-corrected chi connectivity index (χ3v) is 8.40. The average molecular weight is 531 g/mol. The molecule has 37 heavy (non-hydrogen) atoms. The predicted molar refractivity (Wildman–Crippen MR) is 143 cm³/mol. The Bertz CT molecular complexity index is 1270. The number of rotatable bonds is 9. The Labute approximate surface area is 220 Å². The summed E-state index contributed by atoms with van der Waals surface area (Å²) in [7, 11) is 0. The summed E-state index contributed by atoms with van der Waals surface area (Å²) < 4.78 is 54.7. The van der Waals surface area contributed by atoms with Crippen LogP contribution in [0.4, 0.5) is 13.2 Å². The van der Waals surface area contributed by atoms with E-state index in [0.717, 1.165) is 47.4 Å². The maximum absolute atomic E-state index is 14.0. The van der Waals surface area contributed by atoms with Gasteiger partial charge < -0.3 is 9.47 Å². The number of alkyl halides is 3. The molecule has 0 saturated heterocycles. The number of esters is 1. The lowest BCUT2D eigenvalue weighted by Gasteiger charge is -2.32. The molecule has 2 atom stereocenters. The van der Waals surface area contributed by atoms with Gasteiger partial charge in [-0.25, -0.2) is 4.79 Å². The average Bonchev–Trinajstić information content (AvgIpc) is 3.39. The molecule has 2 aromatic carbocycles. The van der Waals surface area contributed by atoms with Crippen LogP contribution in [-0.4, -0.2) is 18.2 Å². The fraction of sp³-hybridized carbons (Fsp3) is 0.433. The molecule has 1 aliphatic carbocycles. The number of hydrogen-bond donors (Lipinski definition) is 0. The molecule has 0 radical (unpaired) electrons. The number of benzene rings is 2. The Morgan fingerprint density at radius 3 is 2.57 bits per heavy atom. The Morgan fingerprint density at radius 1 is 1.11 bits per heavy atom. The zero-order valence-electron chi connectivity index (χ0n) is 21.5. The van der Waals surface area contributed by atoms with Gasteiger partial charge in [0.05, 0.1) is 5.56 Å². The Morgan fingerprint density at radius 2 is 1.86 bits per heavy atom. The second-order valence-corrected chi connectivity index (χ2v) is 11.4. The van der Waals surface area contributed by atoms with Crippen molar-refractivity contribution in [1.82, 2.24) is 0 Å². The van der Waals surface area contributed by atoms with Gasteiger partial charge >= 0.3 is 12.1 Å². The summed E-state index contributed by atoms with van der Waals surface area (Å²) >= 11 is 1.33. The predicted octanol–water partition coefficient (Wildman–Crippen LogP) is 8.98. The first-order valence-corrected chi connectivity index (χ1v) is 13.6. The fourth-order valence-corrected chi connectivity index (χ4v) is 6.15. The summed E-state index contributed by atoms with van der Waals surface area (Å²) in [5, 5.41) is 0.871. The molecule has 1 saturated carbocycles. The molecule has 0 N–H and O–H groups in total. The topological polar surface area (TPSA) is 35.5 Å². The van der Waals surface area contributed by atoms with Crippen LogP contribution >= 0.6 is 11.3 Å². The van der Waals surface area contributed by atoms with Crippen LogP contribution in [0, 0.1) is 5.41 Å². The maximum atomic E-state index is 14.0. The van der Waals surface area contributed by atoms with Crippen LogP contribution in [0.1, 0.15) is 64.0 Å². The van der Waals surface area contributed by atoms with Crippen molar-refractivity contribution in [3.63, 3.8) is 0 Å². The Balaban J connectivity index is 1.58. The molecule has 3 aromatic rings. The largest absolute Gasteiger partial charge is 0.490 e. The highest BCUT2D eigenvalue weighted by molar-refractivity contribution is 7.22. The second-order valence-electron chi connectivity index (χ2n) is 10.3. The van der Waals surface area contributed by atoms with E-state index in [9.17, 15) is 18.0 Å². The van der Waals surface area contributed by atoms with Gasteiger partial charge in [-0.2, -0.15) is 13.2 Å². The normalized spacial score (nSPS) is 19.2. The molecule has 2 unspecified atom stereocenters. The first-order chi connectivity index (χ1) is 17.5. The van der Waals surface area contributed by atoms with E-state index in [1.807, 2.05) is 44.2 Å². The highest BCUT2D eigenvalue weighted by atomic mass is 32.1. The van der Waals surface area contributed by atoms with Gasteiger partial charge in [-0.15, -0.1) is 11.3 Å². The number of fused-ring (bicyclic) bond motifs is 1. The molecule has 3 nitrogen and oxygen atoms in total. The maximum Gasteiger partial charge on any atom is 0.417 e. The first kappa shape index (κ1) is 27.2. The van der Waals surface area contributed by atoms with Gasteiger partial charge in [-0.05, 0) is 67.0 Å². The standard InChI is InChI=1S/C30H33F3O3S/c1-5-7-8-9-19-10-13-22(23(16-19)30(31,32)33)25-17-20-11-12-21(18-24(20)37-25)35-26-14-15-27(29(26,3)4)36-28(34)6-2/h6,10-13,16-18,26-27H,2,5,7-9,14-15H2,1,3-4H3. The molecule has 0 bridgehead atoms. The van der Waals surface area contributed by atoms with Crippen molar-refractivity contribution in [2.24, 2.45) is 5.41 Å². The molecule has 1 heterocycles. The first-order valence-electron chi connectivity index (χ1n) is 12.8. The Hall–Kier alpha value is -2.80. The molecule has 7 heteroatoms. The van der Waals surface area contributed by atoms with Crippen molar-refractivity contribution in [2.45, 2.75) is 77.7 Å². The quantitative estimate of drug-likeness (QED) is 0.157. The summed E-state index contributed by atoms with van der Waals surface area (Å²) in [6.45, 7) is 9.56. The van der Waals surface area contributed by atoms with E-state index in [1.54, 1.807) is 6.07 Å². The third-order valence-electron chi connectivity index (χ3n) is 7.27. The van der Waals surface area contributed by atoms with Crippen molar-refractivity contribution in [3.8, 4) is 16.2 Å². The number of aryl methyl sites for hydroxylation is 1. The number of carbonyl (C=O) groups excluding carboxylic acids is 1. The third kappa shape index (κ3) is 6.03. The zero-order valence-corrected chi connectivity index (χ0v) is 22.3. The van der Waals surface area contributed by atoms with Crippen LogP contribution in [-0.2, 0) is 22.1 Å². The molecular formula is C30H33F3O3S. The Kier molecular flexibility index (Phi) is 8.02. The van der Waals surface area contributed by atoms with Crippen LogP contribution < -0.4 is 4.74 Å². The lowest BCUT2D eigenvalue weighted by Crippen LogP contribution is -2.38. The monoisotopic (exact) mass is 530 g/mol. The summed E-state index contributed by atoms with van der Waals surface area (Å²) in [6.07, 6.45) is 1.28. The fourth-order valence-electron chi connectivity index (χ4n) is 5.02.